The highest BCUT2D eigenvalue weighted by Gasteiger charge is 2.10. The van der Waals surface area contributed by atoms with Crippen molar-refractivity contribution in [3.8, 4) is 0 Å². The van der Waals surface area contributed by atoms with Crippen LogP contribution < -0.4 is 0 Å². The maximum atomic E-state index is 2.38. The lowest BCUT2D eigenvalue weighted by atomic mass is 9.69. The lowest BCUT2D eigenvalue weighted by molar-refractivity contribution is 0.439. The van der Waals surface area contributed by atoms with Gasteiger partial charge in [0.25, 0.3) is 0 Å². The van der Waals surface area contributed by atoms with E-state index < -0.39 is 0 Å². The predicted molar refractivity (Wildman–Crippen MR) is 60.5 cm³/mol. The molecule has 72 valence electrons. The Morgan fingerprint density at radius 2 is 1.83 bits per heavy atom. The minimum atomic E-state index is 0.534. The highest BCUT2D eigenvalue weighted by Crippen LogP contribution is 2.27. The molecule has 0 saturated heterocycles. The third-order valence-corrected chi connectivity index (χ3v) is 2.41. The molecular weight excluding hydrogens is 143 g/mol. The molecule has 0 aromatic heterocycles. The lowest BCUT2D eigenvalue weighted by Crippen LogP contribution is -2.03. The fraction of sp³-hybridized carbons (Fsp3) is 1.00. The van der Waals surface area contributed by atoms with E-state index >= 15 is 0 Å². The van der Waals surface area contributed by atoms with Gasteiger partial charge < -0.3 is 0 Å². The Balaban J connectivity index is 3.31. The van der Waals surface area contributed by atoms with Crippen molar-refractivity contribution in [3.05, 3.63) is 0 Å². The first-order valence-corrected chi connectivity index (χ1v) is 5.45. The molecule has 0 N–H and O–H groups in total. The Bertz CT molecular complexity index is 102. The van der Waals surface area contributed by atoms with Gasteiger partial charge in [0.1, 0.15) is 7.85 Å². The van der Waals surface area contributed by atoms with Crippen LogP contribution in [0.25, 0.3) is 0 Å². The molecule has 0 fully saturated rings. The Hall–Kier alpha value is 0.0649. The van der Waals surface area contributed by atoms with Crippen LogP contribution in [0.15, 0.2) is 0 Å². The van der Waals surface area contributed by atoms with E-state index in [0.717, 1.165) is 5.92 Å². The van der Waals surface area contributed by atoms with Crippen molar-refractivity contribution in [2.24, 2.45) is 5.92 Å². The van der Waals surface area contributed by atoms with Crippen LogP contribution in [0.4, 0.5) is 0 Å². The fourth-order valence-corrected chi connectivity index (χ4v) is 1.62. The number of hydrogen-bond donors (Lipinski definition) is 0. The highest BCUT2D eigenvalue weighted by molar-refractivity contribution is 6.14. The average molecular weight is 168 g/mol. The van der Waals surface area contributed by atoms with Crippen molar-refractivity contribution < 1.29 is 0 Å². The summed E-state index contributed by atoms with van der Waals surface area (Å²) in [7, 11) is 2.33. The summed E-state index contributed by atoms with van der Waals surface area (Å²) in [5, 5.41) is 0.534. The van der Waals surface area contributed by atoms with E-state index in [9.17, 15) is 0 Å². The minimum Gasteiger partial charge on any atom is -0.0672 e. The topological polar surface area (TPSA) is 0 Å². The molecule has 0 saturated carbocycles. The first-order chi connectivity index (χ1) is 5.45. The molecule has 1 heteroatoms. The van der Waals surface area contributed by atoms with Crippen molar-refractivity contribution in [2.75, 3.05) is 0 Å². The van der Waals surface area contributed by atoms with Crippen LogP contribution in [0, 0.1) is 5.92 Å². The summed E-state index contributed by atoms with van der Waals surface area (Å²) >= 11 is 0. The summed E-state index contributed by atoms with van der Waals surface area (Å²) in [6.45, 7) is 9.32. The summed E-state index contributed by atoms with van der Waals surface area (Å²) in [6.07, 6.45) is 6.96. The van der Waals surface area contributed by atoms with E-state index in [1.165, 1.54) is 32.1 Å². The van der Waals surface area contributed by atoms with Crippen LogP contribution in [0.1, 0.15) is 59.8 Å². The molecule has 12 heavy (non-hydrogen) atoms. The fourth-order valence-electron chi connectivity index (χ4n) is 1.62. The standard InChI is InChI=1S/C11H25B/c1-5-7-10(2)8-6-9-11(3,4)12/h10H,5-9,12H2,1-4H3. The zero-order chi connectivity index (χ0) is 9.61. The number of rotatable bonds is 6. The largest absolute Gasteiger partial charge is 0.108 e. The van der Waals surface area contributed by atoms with Crippen LogP contribution >= 0.6 is 0 Å². The number of hydrogen-bond acceptors (Lipinski definition) is 0. The van der Waals surface area contributed by atoms with Gasteiger partial charge >= 0.3 is 0 Å². The van der Waals surface area contributed by atoms with Crippen LogP contribution in [-0.2, 0) is 0 Å². The SMILES string of the molecule is BC(C)(C)CCCC(C)CCC. The second-order valence-corrected chi connectivity index (χ2v) is 5.35. The molecule has 0 aliphatic carbocycles. The Kier molecular flexibility index (Phi) is 5.70. The average Bonchev–Trinajstić information content (AvgIpc) is 1.84. The Morgan fingerprint density at radius 1 is 1.25 bits per heavy atom. The zero-order valence-corrected chi connectivity index (χ0v) is 9.61. The first kappa shape index (κ1) is 12.1. The van der Waals surface area contributed by atoms with Crippen molar-refractivity contribution in [3.63, 3.8) is 0 Å². The van der Waals surface area contributed by atoms with E-state index in [2.05, 4.69) is 35.5 Å². The van der Waals surface area contributed by atoms with Crippen LogP contribution in [0.5, 0.6) is 0 Å². The minimum absolute atomic E-state index is 0.534. The van der Waals surface area contributed by atoms with E-state index in [4.69, 9.17) is 0 Å². The Morgan fingerprint density at radius 3 is 2.25 bits per heavy atom. The lowest BCUT2D eigenvalue weighted by Gasteiger charge is -2.19. The van der Waals surface area contributed by atoms with Crippen molar-refractivity contribution in [1.29, 1.82) is 0 Å². The molecule has 1 unspecified atom stereocenters. The third kappa shape index (κ3) is 8.16. The van der Waals surface area contributed by atoms with E-state index in [1.807, 2.05) is 0 Å². The first-order valence-electron chi connectivity index (χ1n) is 5.45. The molecular formula is C11H25B. The van der Waals surface area contributed by atoms with Crippen LogP contribution in [0.2, 0.25) is 5.31 Å². The molecule has 0 bridgehead atoms. The van der Waals surface area contributed by atoms with Crippen LogP contribution in [0.3, 0.4) is 0 Å². The van der Waals surface area contributed by atoms with Crippen molar-refractivity contribution >= 4 is 7.85 Å². The van der Waals surface area contributed by atoms with Crippen molar-refractivity contribution in [2.45, 2.75) is 65.1 Å². The molecule has 0 aliphatic rings. The van der Waals surface area contributed by atoms with E-state index in [-0.39, 0.29) is 0 Å². The smallest absolute Gasteiger partial charge is 0.0672 e. The summed E-state index contributed by atoms with van der Waals surface area (Å²) in [4.78, 5) is 0. The quantitative estimate of drug-likeness (QED) is 0.533. The van der Waals surface area contributed by atoms with Crippen molar-refractivity contribution in [1.82, 2.24) is 0 Å². The van der Waals surface area contributed by atoms with E-state index in [1.54, 1.807) is 0 Å². The van der Waals surface area contributed by atoms with Gasteiger partial charge in [0.15, 0.2) is 0 Å². The maximum Gasteiger partial charge on any atom is 0.108 e. The summed E-state index contributed by atoms with van der Waals surface area (Å²) < 4.78 is 0. The molecule has 0 heterocycles. The summed E-state index contributed by atoms with van der Waals surface area (Å²) in [5.41, 5.74) is 0. The molecule has 0 aromatic rings. The second kappa shape index (κ2) is 5.67. The second-order valence-electron chi connectivity index (χ2n) is 5.35. The van der Waals surface area contributed by atoms with Gasteiger partial charge in [0, 0.05) is 0 Å². The van der Waals surface area contributed by atoms with Gasteiger partial charge in [-0.2, -0.15) is 0 Å². The molecule has 0 radical (unpaired) electrons. The van der Waals surface area contributed by atoms with Crippen LogP contribution in [-0.4, -0.2) is 7.85 Å². The van der Waals surface area contributed by atoms with E-state index in [0.29, 0.717) is 5.31 Å². The summed E-state index contributed by atoms with van der Waals surface area (Å²) in [6, 6.07) is 0. The molecule has 1 atom stereocenters. The van der Waals surface area contributed by atoms with Gasteiger partial charge in [-0.1, -0.05) is 65.1 Å². The monoisotopic (exact) mass is 168 g/mol. The van der Waals surface area contributed by atoms with Gasteiger partial charge in [-0.05, 0) is 5.92 Å². The zero-order valence-electron chi connectivity index (χ0n) is 9.61. The third-order valence-electron chi connectivity index (χ3n) is 2.41. The van der Waals surface area contributed by atoms with Gasteiger partial charge in [-0.25, -0.2) is 0 Å². The molecule has 0 aromatic carbocycles. The normalized spacial score (nSPS) is 14.7. The molecule has 0 amide bonds. The summed E-state index contributed by atoms with van der Waals surface area (Å²) in [5.74, 6) is 0.942. The Labute approximate surface area is 79.5 Å². The van der Waals surface area contributed by atoms with Gasteiger partial charge in [-0.15, -0.1) is 0 Å². The molecule has 0 spiro atoms. The highest BCUT2D eigenvalue weighted by atomic mass is 14.1. The molecule has 0 rings (SSSR count). The maximum absolute atomic E-state index is 2.38. The van der Waals surface area contributed by atoms with Gasteiger partial charge in [-0.3, -0.25) is 0 Å². The van der Waals surface area contributed by atoms with Gasteiger partial charge in [0.05, 0.1) is 0 Å². The molecule has 0 nitrogen and oxygen atoms in total. The van der Waals surface area contributed by atoms with Gasteiger partial charge in [0.2, 0.25) is 0 Å². The molecule has 0 aliphatic heterocycles. The predicted octanol–water partition coefficient (Wildman–Crippen LogP) is 3.42.